The maximum Gasteiger partial charge on any atom is 0.416 e. The van der Waals surface area contributed by atoms with E-state index in [4.69, 9.17) is 24.9 Å². The SMILES string of the molecule is FC(F)(F)c1ccc2c(c1)c1cc(C(F)(F)F)ccc1n2-c1cccc(C2=NC(c3ccccc3)NC(c3ccccc3)=N2)c1-c1ccccc1-c1ccccc1-c1c(-c2nc(-c3ccccc3)nc(-c3ccccc3)n2)cccc1-n1c2ccc(C(F)(F)F)cc2c2cc(C(F)(F)F)ccc21. The fourth-order valence-electron chi connectivity index (χ4n) is 13.6. The molecule has 12 aromatic carbocycles. The van der Waals surface area contributed by atoms with Gasteiger partial charge in [0.15, 0.2) is 23.3 Å². The number of rotatable bonds is 11. The number of aromatic nitrogens is 5. The Labute approximate surface area is 572 Å². The summed E-state index contributed by atoms with van der Waals surface area (Å²) in [5.74, 6) is 1.24. The van der Waals surface area contributed by atoms with Gasteiger partial charge in [0.1, 0.15) is 12.0 Å². The zero-order valence-electron chi connectivity index (χ0n) is 52.8. The van der Waals surface area contributed by atoms with Crippen molar-refractivity contribution in [1.82, 2.24) is 29.4 Å². The lowest BCUT2D eigenvalue weighted by molar-refractivity contribution is -0.138. The first-order valence-corrected chi connectivity index (χ1v) is 31.9. The summed E-state index contributed by atoms with van der Waals surface area (Å²) in [7, 11) is 0. The van der Waals surface area contributed by atoms with Crippen LogP contribution in [0.2, 0.25) is 0 Å². The lowest BCUT2D eigenvalue weighted by Gasteiger charge is -2.26. The van der Waals surface area contributed by atoms with Crippen LogP contribution in [-0.2, 0) is 24.7 Å². The van der Waals surface area contributed by atoms with Crippen LogP contribution in [-0.4, -0.2) is 35.8 Å². The lowest BCUT2D eigenvalue weighted by Crippen LogP contribution is -2.33. The fourth-order valence-corrected chi connectivity index (χ4v) is 13.6. The lowest BCUT2D eigenvalue weighted by atomic mass is 9.85. The molecule has 16 rings (SSSR count). The topological polar surface area (TPSA) is 85.3 Å². The number of fused-ring (bicyclic) bond motifs is 6. The van der Waals surface area contributed by atoms with Gasteiger partial charge in [0.25, 0.3) is 0 Å². The molecule has 102 heavy (non-hydrogen) atoms. The Balaban J connectivity index is 1.02. The molecule has 20 heteroatoms. The quantitative estimate of drug-likeness (QED) is 0.131. The Bertz CT molecular complexity index is 5660. The number of alkyl halides is 12. The molecule has 0 spiro atoms. The largest absolute Gasteiger partial charge is 0.416 e. The molecule has 1 N–H and O–H groups in total. The van der Waals surface area contributed by atoms with Gasteiger partial charge in [-0.25, -0.2) is 24.9 Å². The molecular weight excluding hydrogens is 1320 g/mol. The normalized spacial score (nSPS) is 13.8. The third-order valence-corrected chi connectivity index (χ3v) is 18.2. The van der Waals surface area contributed by atoms with Crippen LogP contribution in [0.15, 0.2) is 289 Å². The Hall–Kier alpha value is -12.5. The number of hydrogen-bond acceptors (Lipinski definition) is 6. The van der Waals surface area contributed by atoms with Gasteiger partial charge in [-0.05, 0) is 113 Å². The van der Waals surface area contributed by atoms with Gasteiger partial charge in [0.05, 0.1) is 55.7 Å². The minimum atomic E-state index is -4.90. The van der Waals surface area contributed by atoms with Crippen LogP contribution in [0.3, 0.4) is 0 Å². The van der Waals surface area contributed by atoms with Crippen LogP contribution in [0, 0.1) is 0 Å². The van der Waals surface area contributed by atoms with Gasteiger partial charge in [-0.3, -0.25) is 0 Å². The Morgan fingerprint density at radius 2 is 0.618 bits per heavy atom. The van der Waals surface area contributed by atoms with Crippen LogP contribution >= 0.6 is 0 Å². The second-order valence-corrected chi connectivity index (χ2v) is 24.4. The summed E-state index contributed by atoms with van der Waals surface area (Å²) in [6, 6.07) is 73.5. The summed E-state index contributed by atoms with van der Waals surface area (Å²) in [6.07, 6.45) is -20.4. The van der Waals surface area contributed by atoms with E-state index >= 15 is 0 Å². The van der Waals surface area contributed by atoms with Crippen molar-refractivity contribution in [3.63, 3.8) is 0 Å². The van der Waals surface area contributed by atoms with Crippen molar-refractivity contribution in [2.24, 2.45) is 9.98 Å². The molecule has 4 heterocycles. The standard InChI is InChI=1S/C82H48F12N8/c83-79(84,85)51-35-39-65-61(43-51)62-44-52(80(86,87)88)36-40-66(62)101(65)69-33-17-31-59(77-97-73(47-19-5-1-6-20-47)95-74(98-77)48-21-7-2-8-22-48)71(69)57-29-15-13-27-55(57)56-28-14-16-30-58(56)72-60(78-99-75(49-23-9-3-10-24-49)96-76(100-78)50-25-11-4-12-26-50)32-18-34-70(72)102-67-41-37-53(81(89,90)91)45-63(67)64-46-54(82(92,93)94)38-42-68(64)102/h1-46,73H,(H,95,97,98). The smallest absolute Gasteiger partial charge is 0.344 e. The molecule has 1 aliphatic rings. The van der Waals surface area contributed by atoms with Crippen LogP contribution < -0.4 is 5.32 Å². The van der Waals surface area contributed by atoms with Gasteiger partial charge < -0.3 is 14.5 Å². The highest BCUT2D eigenvalue weighted by Gasteiger charge is 2.37. The Morgan fingerprint density at radius 3 is 1.01 bits per heavy atom. The number of aliphatic imine (C=N–C) groups is 2. The number of nitrogens with one attached hydrogen (secondary N) is 1. The molecule has 0 saturated heterocycles. The van der Waals surface area contributed by atoms with Crippen molar-refractivity contribution in [1.29, 1.82) is 0 Å². The molecule has 0 aliphatic carbocycles. The first-order valence-electron chi connectivity index (χ1n) is 31.9. The van der Waals surface area contributed by atoms with E-state index in [1.54, 1.807) is 69.8 Å². The van der Waals surface area contributed by atoms with Gasteiger partial charge in [-0.1, -0.05) is 194 Å². The van der Waals surface area contributed by atoms with Crippen LogP contribution in [0.5, 0.6) is 0 Å². The van der Waals surface area contributed by atoms with E-state index in [2.05, 4.69) is 5.32 Å². The molecule has 0 bridgehead atoms. The predicted octanol–water partition coefficient (Wildman–Crippen LogP) is 22.6. The van der Waals surface area contributed by atoms with E-state index in [9.17, 15) is 52.7 Å². The molecule has 0 radical (unpaired) electrons. The van der Waals surface area contributed by atoms with Crippen molar-refractivity contribution >= 4 is 55.3 Å². The van der Waals surface area contributed by atoms with Crippen molar-refractivity contribution in [3.05, 3.63) is 318 Å². The number of benzene rings is 12. The fraction of sp³-hybridized carbons (Fsp3) is 0.0610. The molecule has 0 saturated carbocycles. The molecule has 3 aromatic heterocycles. The van der Waals surface area contributed by atoms with Crippen molar-refractivity contribution < 1.29 is 52.7 Å². The van der Waals surface area contributed by atoms with Gasteiger partial charge in [-0.2, -0.15) is 52.7 Å². The molecular formula is C82H48F12N8. The minimum Gasteiger partial charge on any atom is -0.344 e. The molecule has 0 fully saturated rings. The zero-order valence-corrected chi connectivity index (χ0v) is 52.8. The van der Waals surface area contributed by atoms with Crippen LogP contribution in [0.4, 0.5) is 52.7 Å². The first kappa shape index (κ1) is 64.2. The van der Waals surface area contributed by atoms with Gasteiger partial charge >= 0.3 is 24.7 Å². The van der Waals surface area contributed by atoms with E-state index in [-0.39, 0.29) is 78.3 Å². The van der Waals surface area contributed by atoms with Gasteiger partial charge in [0, 0.05) is 60.5 Å². The third kappa shape index (κ3) is 11.6. The van der Waals surface area contributed by atoms with E-state index in [1.165, 1.54) is 24.3 Å². The van der Waals surface area contributed by atoms with Crippen LogP contribution in [0.1, 0.15) is 45.1 Å². The average molecular weight is 1370 g/mol. The van der Waals surface area contributed by atoms with E-state index in [0.717, 1.165) is 54.1 Å². The minimum absolute atomic E-state index is 0.112. The van der Waals surface area contributed by atoms with Crippen molar-refractivity contribution in [3.8, 4) is 78.9 Å². The summed E-state index contributed by atoms with van der Waals surface area (Å²) >= 11 is 0. The number of amidine groups is 2. The monoisotopic (exact) mass is 1370 g/mol. The molecule has 1 atom stereocenters. The summed E-state index contributed by atoms with van der Waals surface area (Å²) in [4.78, 5) is 25.9. The highest BCUT2D eigenvalue weighted by atomic mass is 19.4. The first-order chi connectivity index (χ1) is 49.1. The van der Waals surface area contributed by atoms with E-state index in [1.807, 2.05) is 146 Å². The second-order valence-electron chi connectivity index (χ2n) is 24.4. The van der Waals surface area contributed by atoms with Crippen molar-refractivity contribution in [2.45, 2.75) is 30.9 Å². The second kappa shape index (κ2) is 24.8. The highest BCUT2D eigenvalue weighted by Crippen LogP contribution is 2.50. The van der Waals surface area contributed by atoms with E-state index < -0.39 is 53.1 Å². The third-order valence-electron chi connectivity index (χ3n) is 18.2. The summed E-state index contributed by atoms with van der Waals surface area (Å²) in [6.45, 7) is 0. The zero-order chi connectivity index (χ0) is 70.4. The van der Waals surface area contributed by atoms with Gasteiger partial charge in [-0.15, -0.1) is 0 Å². The number of hydrogen-bond donors (Lipinski definition) is 1. The predicted molar refractivity (Wildman–Crippen MR) is 373 cm³/mol. The summed E-state index contributed by atoms with van der Waals surface area (Å²) in [5.41, 5.74) is 2.50. The average Bonchev–Trinajstić information content (AvgIpc) is 1.50. The molecule has 15 aromatic rings. The molecule has 500 valence electrons. The maximum atomic E-state index is 14.9. The summed E-state index contributed by atoms with van der Waals surface area (Å²) in [5, 5.41) is 2.97. The highest BCUT2D eigenvalue weighted by molar-refractivity contribution is 6.18. The number of nitrogens with zero attached hydrogens (tertiary/aromatic N) is 7. The van der Waals surface area contributed by atoms with E-state index in [0.29, 0.717) is 67.0 Å². The molecule has 0 amide bonds. The maximum absolute atomic E-state index is 14.9. The number of halogens is 12. The Morgan fingerprint density at radius 1 is 0.294 bits per heavy atom. The molecule has 1 unspecified atom stereocenters. The Kier molecular flexibility index (Phi) is 15.6. The van der Waals surface area contributed by atoms with Gasteiger partial charge in [0.2, 0.25) is 0 Å². The molecule has 8 nitrogen and oxygen atoms in total. The van der Waals surface area contributed by atoms with Crippen molar-refractivity contribution in [2.75, 3.05) is 0 Å². The summed E-state index contributed by atoms with van der Waals surface area (Å²) < 4.78 is 182. The van der Waals surface area contributed by atoms with Crippen LogP contribution in [0.25, 0.3) is 123 Å². The molecule has 1 aliphatic heterocycles.